The third-order valence-corrected chi connectivity index (χ3v) is 2.27. The molecule has 0 bridgehead atoms. The van der Waals surface area contributed by atoms with Crippen molar-refractivity contribution < 1.29 is 19.1 Å². The fraction of sp³-hybridized carbons (Fsp3) is 0.385. The minimum atomic E-state index is -0.640. The van der Waals surface area contributed by atoms with E-state index in [1.54, 1.807) is 6.92 Å². The summed E-state index contributed by atoms with van der Waals surface area (Å²) in [6, 6.07) is 8.59. The molecule has 0 spiro atoms. The predicted molar refractivity (Wildman–Crippen MR) is 66.2 cm³/mol. The van der Waals surface area contributed by atoms with Gasteiger partial charge in [0, 0.05) is 0 Å². The molecular formula is C13H17NO4. The molecule has 0 aliphatic heterocycles. The van der Waals surface area contributed by atoms with Crippen LogP contribution in [0.3, 0.4) is 0 Å². The first-order chi connectivity index (χ1) is 8.63. The molecule has 0 radical (unpaired) electrons. The van der Waals surface area contributed by atoms with Crippen molar-refractivity contribution in [1.29, 1.82) is 0 Å². The van der Waals surface area contributed by atoms with Crippen LogP contribution in [-0.4, -0.2) is 31.6 Å². The fourth-order valence-corrected chi connectivity index (χ4v) is 1.33. The van der Waals surface area contributed by atoms with Crippen molar-refractivity contribution in [3.05, 3.63) is 30.3 Å². The highest BCUT2D eigenvalue weighted by molar-refractivity contribution is 5.84. The first kappa shape index (κ1) is 14.0. The Balaban J connectivity index is 2.23. The number of nitrogens with one attached hydrogen (secondary N) is 1. The maximum Gasteiger partial charge on any atom is 0.328 e. The van der Waals surface area contributed by atoms with Gasteiger partial charge in [-0.15, -0.1) is 0 Å². The Hall–Kier alpha value is -2.04. The van der Waals surface area contributed by atoms with Gasteiger partial charge in [0.2, 0.25) is 5.91 Å². The Morgan fingerprint density at radius 2 is 1.94 bits per heavy atom. The molecule has 1 aromatic carbocycles. The van der Waals surface area contributed by atoms with Gasteiger partial charge in [-0.25, -0.2) is 4.79 Å². The molecule has 0 aliphatic carbocycles. The van der Waals surface area contributed by atoms with Gasteiger partial charge in [0.25, 0.3) is 0 Å². The number of rotatable bonds is 6. The van der Waals surface area contributed by atoms with Crippen LogP contribution in [0.1, 0.15) is 13.3 Å². The summed E-state index contributed by atoms with van der Waals surface area (Å²) in [6.45, 7) is 1.84. The lowest BCUT2D eigenvalue weighted by Crippen LogP contribution is -2.39. The molecule has 1 rings (SSSR count). The molecule has 1 amide bonds. The summed E-state index contributed by atoms with van der Waals surface area (Å²) in [7, 11) is 1.28. The number of esters is 1. The van der Waals surface area contributed by atoms with Crippen LogP contribution < -0.4 is 10.1 Å². The zero-order chi connectivity index (χ0) is 13.4. The molecule has 0 aromatic heterocycles. The van der Waals surface area contributed by atoms with Crippen LogP contribution in [0.5, 0.6) is 5.75 Å². The Morgan fingerprint density at radius 1 is 1.28 bits per heavy atom. The fourth-order valence-electron chi connectivity index (χ4n) is 1.33. The monoisotopic (exact) mass is 251 g/mol. The van der Waals surface area contributed by atoms with Gasteiger partial charge in [-0.1, -0.05) is 18.2 Å². The second kappa shape index (κ2) is 7.32. The normalized spacial score (nSPS) is 11.4. The van der Waals surface area contributed by atoms with Crippen molar-refractivity contribution in [1.82, 2.24) is 5.32 Å². The molecule has 18 heavy (non-hydrogen) atoms. The maximum absolute atomic E-state index is 11.5. The van der Waals surface area contributed by atoms with E-state index in [-0.39, 0.29) is 18.9 Å². The Morgan fingerprint density at radius 3 is 2.56 bits per heavy atom. The van der Waals surface area contributed by atoms with Crippen LogP contribution in [0.4, 0.5) is 0 Å². The molecule has 0 aliphatic rings. The number of para-hydroxylation sites is 1. The van der Waals surface area contributed by atoms with Gasteiger partial charge in [-0.05, 0) is 19.1 Å². The summed E-state index contributed by atoms with van der Waals surface area (Å²) in [6.07, 6.45) is 0.191. The second-order valence-electron chi connectivity index (χ2n) is 3.72. The largest absolute Gasteiger partial charge is 0.493 e. The van der Waals surface area contributed by atoms with Crippen LogP contribution in [0.15, 0.2) is 30.3 Å². The average molecular weight is 251 g/mol. The number of ether oxygens (including phenoxy) is 2. The Labute approximate surface area is 106 Å². The summed E-state index contributed by atoms with van der Waals surface area (Å²) in [5.74, 6) is 0.00229. The van der Waals surface area contributed by atoms with E-state index in [2.05, 4.69) is 10.1 Å². The van der Waals surface area contributed by atoms with Gasteiger partial charge in [0.1, 0.15) is 11.8 Å². The standard InChI is InChI=1S/C13H17NO4/c1-10(13(16)17-2)14-12(15)8-9-18-11-6-4-3-5-7-11/h3-7,10H,8-9H2,1-2H3,(H,14,15). The van der Waals surface area contributed by atoms with Crippen LogP contribution in [0, 0.1) is 0 Å². The molecule has 5 nitrogen and oxygen atoms in total. The van der Waals surface area contributed by atoms with Crippen LogP contribution in [0.2, 0.25) is 0 Å². The first-order valence-electron chi connectivity index (χ1n) is 5.68. The van der Waals surface area contributed by atoms with E-state index in [9.17, 15) is 9.59 Å². The molecule has 1 aromatic rings. The molecule has 0 fully saturated rings. The zero-order valence-electron chi connectivity index (χ0n) is 10.5. The lowest BCUT2D eigenvalue weighted by atomic mass is 10.3. The second-order valence-corrected chi connectivity index (χ2v) is 3.72. The summed E-state index contributed by atoms with van der Waals surface area (Å²) >= 11 is 0. The molecule has 0 saturated carbocycles. The van der Waals surface area contributed by atoms with Crippen molar-refractivity contribution >= 4 is 11.9 Å². The van der Waals surface area contributed by atoms with Crippen LogP contribution in [0.25, 0.3) is 0 Å². The number of amides is 1. The lowest BCUT2D eigenvalue weighted by molar-refractivity contribution is -0.144. The highest BCUT2D eigenvalue weighted by Crippen LogP contribution is 2.08. The number of carbonyl (C=O) groups excluding carboxylic acids is 2. The minimum Gasteiger partial charge on any atom is -0.493 e. The van der Waals surface area contributed by atoms with E-state index in [0.717, 1.165) is 0 Å². The van der Waals surface area contributed by atoms with Crippen molar-refractivity contribution in [3.63, 3.8) is 0 Å². The third-order valence-electron chi connectivity index (χ3n) is 2.27. The zero-order valence-corrected chi connectivity index (χ0v) is 10.5. The molecule has 0 heterocycles. The Bertz CT molecular complexity index is 391. The summed E-state index contributed by atoms with van der Waals surface area (Å²) in [5.41, 5.74) is 0. The summed E-state index contributed by atoms with van der Waals surface area (Å²) in [5, 5.41) is 2.52. The number of hydrogen-bond donors (Lipinski definition) is 1. The molecular weight excluding hydrogens is 234 g/mol. The van der Waals surface area contributed by atoms with Crippen molar-refractivity contribution in [2.24, 2.45) is 0 Å². The van der Waals surface area contributed by atoms with E-state index in [0.29, 0.717) is 5.75 Å². The van der Waals surface area contributed by atoms with Crippen LogP contribution >= 0.6 is 0 Å². The lowest BCUT2D eigenvalue weighted by Gasteiger charge is -2.11. The first-order valence-corrected chi connectivity index (χ1v) is 5.68. The van der Waals surface area contributed by atoms with Crippen molar-refractivity contribution in [3.8, 4) is 5.75 Å². The van der Waals surface area contributed by atoms with Crippen molar-refractivity contribution in [2.45, 2.75) is 19.4 Å². The highest BCUT2D eigenvalue weighted by atomic mass is 16.5. The van der Waals surface area contributed by atoms with Gasteiger partial charge in [0.15, 0.2) is 0 Å². The highest BCUT2D eigenvalue weighted by Gasteiger charge is 2.15. The number of hydrogen-bond acceptors (Lipinski definition) is 4. The number of benzene rings is 1. The molecule has 1 N–H and O–H groups in total. The van der Waals surface area contributed by atoms with Gasteiger partial charge < -0.3 is 14.8 Å². The van der Waals surface area contributed by atoms with Gasteiger partial charge in [0.05, 0.1) is 20.1 Å². The van der Waals surface area contributed by atoms with E-state index in [1.807, 2.05) is 30.3 Å². The van der Waals surface area contributed by atoms with E-state index < -0.39 is 12.0 Å². The minimum absolute atomic E-state index is 0.191. The summed E-state index contributed by atoms with van der Waals surface area (Å²) < 4.78 is 9.87. The van der Waals surface area contributed by atoms with E-state index in [1.165, 1.54) is 7.11 Å². The quantitative estimate of drug-likeness (QED) is 0.770. The molecule has 0 saturated heterocycles. The van der Waals surface area contributed by atoms with E-state index >= 15 is 0 Å². The smallest absolute Gasteiger partial charge is 0.328 e. The molecule has 5 heteroatoms. The van der Waals surface area contributed by atoms with Crippen molar-refractivity contribution in [2.75, 3.05) is 13.7 Å². The number of methoxy groups -OCH3 is 1. The van der Waals surface area contributed by atoms with E-state index in [4.69, 9.17) is 4.74 Å². The SMILES string of the molecule is COC(=O)C(C)NC(=O)CCOc1ccccc1. The summed E-state index contributed by atoms with van der Waals surface area (Å²) in [4.78, 5) is 22.5. The molecule has 1 atom stereocenters. The van der Waals surface area contributed by atoms with Crippen LogP contribution in [-0.2, 0) is 14.3 Å². The molecule has 98 valence electrons. The maximum atomic E-state index is 11.5. The Kier molecular flexibility index (Phi) is 5.70. The van der Waals surface area contributed by atoms with Gasteiger partial charge in [-0.3, -0.25) is 4.79 Å². The van der Waals surface area contributed by atoms with Gasteiger partial charge >= 0.3 is 5.97 Å². The topological polar surface area (TPSA) is 64.6 Å². The molecule has 1 unspecified atom stereocenters. The number of carbonyl (C=O) groups is 2. The average Bonchev–Trinajstić information content (AvgIpc) is 2.38. The third kappa shape index (κ3) is 4.86. The predicted octanol–water partition coefficient (Wildman–Crippen LogP) is 1.13. The van der Waals surface area contributed by atoms with Gasteiger partial charge in [-0.2, -0.15) is 0 Å².